The maximum Gasteiger partial charge on any atom is 0.323 e. The first-order chi connectivity index (χ1) is 10.8. The highest BCUT2D eigenvalue weighted by Gasteiger charge is 2.33. The zero-order valence-corrected chi connectivity index (χ0v) is 13.1. The molecule has 0 unspecified atom stereocenters. The van der Waals surface area contributed by atoms with Gasteiger partial charge in [0, 0.05) is 19.0 Å². The molecule has 0 heterocycles. The summed E-state index contributed by atoms with van der Waals surface area (Å²) in [7, 11) is -3.83. The van der Waals surface area contributed by atoms with Crippen LogP contribution in [0.4, 0.5) is 4.39 Å². The van der Waals surface area contributed by atoms with Crippen LogP contribution in [-0.4, -0.2) is 49.4 Å². The number of rotatable bonds is 8. The molecule has 1 amide bonds. The quantitative estimate of drug-likeness (QED) is 0.717. The summed E-state index contributed by atoms with van der Waals surface area (Å²) in [4.78, 5) is 23.9. The number of aliphatic carboxylic acids is 1. The molecule has 23 heavy (non-hydrogen) atoms. The summed E-state index contributed by atoms with van der Waals surface area (Å²) in [6, 6.07) is 4.25. The Morgan fingerprint density at radius 1 is 1.26 bits per heavy atom. The average Bonchev–Trinajstić information content (AvgIpc) is 3.29. The smallest absolute Gasteiger partial charge is 0.323 e. The zero-order valence-electron chi connectivity index (χ0n) is 12.2. The predicted molar refractivity (Wildman–Crippen MR) is 78.6 cm³/mol. The molecule has 0 spiro atoms. The van der Waals surface area contributed by atoms with Crippen molar-refractivity contribution in [3.05, 3.63) is 30.1 Å². The first-order valence-corrected chi connectivity index (χ1v) is 8.54. The number of halogens is 1. The van der Waals surface area contributed by atoms with Crippen LogP contribution in [0.15, 0.2) is 29.2 Å². The number of benzene rings is 1. The number of hydrogen-bond donors (Lipinski definition) is 2. The van der Waals surface area contributed by atoms with Gasteiger partial charge in [0.25, 0.3) is 0 Å². The van der Waals surface area contributed by atoms with Crippen molar-refractivity contribution >= 4 is 21.9 Å². The lowest BCUT2D eigenvalue weighted by molar-refractivity contribution is -0.144. The van der Waals surface area contributed by atoms with Crippen LogP contribution < -0.4 is 4.72 Å². The summed E-state index contributed by atoms with van der Waals surface area (Å²) >= 11 is 0. The van der Waals surface area contributed by atoms with Crippen molar-refractivity contribution in [2.75, 3.05) is 13.1 Å². The number of sulfonamides is 1. The van der Waals surface area contributed by atoms with Gasteiger partial charge in [-0.1, -0.05) is 0 Å². The van der Waals surface area contributed by atoms with Crippen LogP contribution in [-0.2, 0) is 19.6 Å². The van der Waals surface area contributed by atoms with Crippen molar-refractivity contribution in [2.24, 2.45) is 0 Å². The number of nitrogens with one attached hydrogen (secondary N) is 1. The first-order valence-electron chi connectivity index (χ1n) is 7.06. The van der Waals surface area contributed by atoms with E-state index in [4.69, 9.17) is 5.11 Å². The van der Waals surface area contributed by atoms with Gasteiger partial charge in [0.2, 0.25) is 15.9 Å². The molecule has 1 aliphatic rings. The molecule has 1 aromatic carbocycles. The highest BCUT2D eigenvalue weighted by molar-refractivity contribution is 7.89. The summed E-state index contributed by atoms with van der Waals surface area (Å²) in [6.07, 6.45) is 1.39. The van der Waals surface area contributed by atoms with Gasteiger partial charge in [-0.3, -0.25) is 9.59 Å². The Kier molecular flexibility index (Phi) is 5.32. The number of carboxylic acid groups (broad SMARTS) is 1. The van der Waals surface area contributed by atoms with E-state index in [1.54, 1.807) is 0 Å². The van der Waals surface area contributed by atoms with Gasteiger partial charge in [0.05, 0.1) is 4.90 Å². The fourth-order valence-electron chi connectivity index (χ4n) is 2.09. The SMILES string of the molecule is O=C(O)CN(C(=O)CCNS(=O)(=O)c1ccc(F)cc1)C1CC1. The zero-order chi connectivity index (χ0) is 17.0. The number of hydrogen-bond acceptors (Lipinski definition) is 4. The van der Waals surface area contributed by atoms with Gasteiger partial charge < -0.3 is 10.0 Å². The van der Waals surface area contributed by atoms with E-state index in [0.29, 0.717) is 0 Å². The van der Waals surface area contributed by atoms with Crippen LogP contribution in [0.2, 0.25) is 0 Å². The van der Waals surface area contributed by atoms with Gasteiger partial charge >= 0.3 is 5.97 Å². The molecular formula is C14H17FN2O5S. The number of amides is 1. The Morgan fingerprint density at radius 3 is 2.39 bits per heavy atom. The normalized spacial score (nSPS) is 14.5. The fraction of sp³-hybridized carbons (Fsp3) is 0.429. The van der Waals surface area contributed by atoms with E-state index in [1.165, 1.54) is 4.90 Å². The predicted octanol–water partition coefficient (Wildman–Crippen LogP) is 0.570. The molecule has 2 N–H and O–H groups in total. The molecule has 1 fully saturated rings. The van der Waals surface area contributed by atoms with Gasteiger partial charge in [-0.25, -0.2) is 17.5 Å². The molecule has 0 aromatic heterocycles. The van der Waals surface area contributed by atoms with Crippen LogP contribution in [0.3, 0.4) is 0 Å². The standard InChI is InChI=1S/C14H17FN2O5S/c15-10-1-5-12(6-2-10)23(21,22)16-8-7-13(18)17(9-14(19)20)11-3-4-11/h1-2,5-6,11,16H,3-4,7-9H2,(H,19,20). The lowest BCUT2D eigenvalue weighted by Gasteiger charge is -2.20. The highest BCUT2D eigenvalue weighted by Crippen LogP contribution is 2.27. The minimum Gasteiger partial charge on any atom is -0.480 e. The number of nitrogens with zero attached hydrogens (tertiary/aromatic N) is 1. The third kappa shape index (κ3) is 5.00. The van der Waals surface area contributed by atoms with Crippen molar-refractivity contribution in [2.45, 2.75) is 30.2 Å². The lowest BCUT2D eigenvalue weighted by atomic mass is 10.3. The van der Waals surface area contributed by atoms with Gasteiger partial charge in [-0.2, -0.15) is 0 Å². The molecular weight excluding hydrogens is 327 g/mol. The van der Waals surface area contributed by atoms with Gasteiger partial charge in [0.1, 0.15) is 12.4 Å². The van der Waals surface area contributed by atoms with Crippen molar-refractivity contribution in [1.82, 2.24) is 9.62 Å². The highest BCUT2D eigenvalue weighted by atomic mass is 32.2. The summed E-state index contributed by atoms with van der Waals surface area (Å²) < 4.78 is 39.0. The lowest BCUT2D eigenvalue weighted by Crippen LogP contribution is -2.39. The minimum absolute atomic E-state index is 0.0627. The Balaban J connectivity index is 1.89. The third-order valence-corrected chi connectivity index (χ3v) is 4.85. The van der Waals surface area contributed by atoms with Crippen molar-refractivity contribution in [1.29, 1.82) is 0 Å². The summed E-state index contributed by atoms with van der Waals surface area (Å²) in [5, 5.41) is 8.80. The van der Waals surface area contributed by atoms with Crippen LogP contribution >= 0.6 is 0 Å². The number of carbonyl (C=O) groups excluding carboxylic acids is 1. The third-order valence-electron chi connectivity index (χ3n) is 3.37. The van der Waals surface area contributed by atoms with E-state index in [2.05, 4.69) is 4.72 Å². The molecule has 7 nitrogen and oxygen atoms in total. The molecule has 1 aliphatic carbocycles. The van der Waals surface area contributed by atoms with E-state index >= 15 is 0 Å². The Hall–Kier alpha value is -2.00. The summed E-state index contributed by atoms with van der Waals surface area (Å²) in [5.74, 6) is -2.05. The molecule has 0 atom stereocenters. The molecule has 0 radical (unpaired) electrons. The fourth-order valence-corrected chi connectivity index (χ4v) is 3.12. The molecule has 0 saturated heterocycles. The van der Waals surface area contributed by atoms with Gasteiger partial charge in [-0.15, -0.1) is 0 Å². The number of carbonyl (C=O) groups is 2. The van der Waals surface area contributed by atoms with Crippen molar-refractivity contribution in [3.8, 4) is 0 Å². The largest absolute Gasteiger partial charge is 0.480 e. The van der Waals surface area contributed by atoms with Crippen LogP contribution in [0.5, 0.6) is 0 Å². The molecule has 1 saturated carbocycles. The molecule has 126 valence electrons. The minimum atomic E-state index is -3.83. The monoisotopic (exact) mass is 344 g/mol. The second kappa shape index (κ2) is 7.05. The Labute approximate surface area is 133 Å². The molecule has 1 aromatic rings. The summed E-state index contributed by atoms with van der Waals surface area (Å²) in [6.45, 7) is -0.532. The van der Waals surface area contributed by atoms with E-state index in [1.807, 2.05) is 0 Å². The van der Waals surface area contributed by atoms with Gasteiger partial charge in [-0.05, 0) is 37.1 Å². The second-order valence-electron chi connectivity index (χ2n) is 5.25. The number of carboxylic acids is 1. The van der Waals surface area contributed by atoms with Crippen LogP contribution in [0, 0.1) is 5.82 Å². The van der Waals surface area contributed by atoms with Crippen LogP contribution in [0.25, 0.3) is 0 Å². The topological polar surface area (TPSA) is 104 Å². The molecule has 0 bridgehead atoms. The van der Waals surface area contributed by atoms with E-state index in [-0.39, 0.29) is 30.4 Å². The maximum absolute atomic E-state index is 12.8. The van der Waals surface area contributed by atoms with Crippen molar-refractivity contribution < 1.29 is 27.5 Å². The van der Waals surface area contributed by atoms with E-state index in [0.717, 1.165) is 37.1 Å². The maximum atomic E-state index is 12.8. The second-order valence-corrected chi connectivity index (χ2v) is 7.02. The Bertz CT molecular complexity index is 686. The summed E-state index contributed by atoms with van der Waals surface area (Å²) in [5.41, 5.74) is 0. The first kappa shape index (κ1) is 17.4. The van der Waals surface area contributed by atoms with Crippen molar-refractivity contribution in [3.63, 3.8) is 0 Å². The van der Waals surface area contributed by atoms with E-state index in [9.17, 15) is 22.4 Å². The van der Waals surface area contributed by atoms with Crippen LogP contribution in [0.1, 0.15) is 19.3 Å². The molecule has 0 aliphatic heterocycles. The molecule has 2 rings (SSSR count). The van der Waals surface area contributed by atoms with E-state index < -0.39 is 27.7 Å². The Morgan fingerprint density at radius 2 is 1.87 bits per heavy atom. The average molecular weight is 344 g/mol. The molecule has 9 heteroatoms. The van der Waals surface area contributed by atoms with Gasteiger partial charge in [0.15, 0.2) is 0 Å².